The first-order chi connectivity index (χ1) is 6.74. The molecule has 0 fully saturated rings. The zero-order chi connectivity index (χ0) is 10.8. The van der Waals surface area contributed by atoms with Gasteiger partial charge in [0, 0.05) is 0 Å². The van der Waals surface area contributed by atoms with E-state index < -0.39 is 0 Å². The Hall–Kier alpha value is -0.300. The first kappa shape index (κ1) is 13.7. The van der Waals surface area contributed by atoms with E-state index in [1.165, 1.54) is 31.3 Å². The zero-order valence-corrected chi connectivity index (χ0v) is 10.0. The molecule has 1 atom stereocenters. The highest BCUT2D eigenvalue weighted by atomic mass is 16.2. The molecule has 0 saturated carbocycles. The summed E-state index contributed by atoms with van der Waals surface area (Å²) in [6, 6.07) is 0. The molecule has 0 N–H and O–H groups in total. The maximum Gasteiger partial charge on any atom is 0.101 e. The van der Waals surface area contributed by atoms with E-state index in [2.05, 4.69) is 20.8 Å². The molecule has 14 heavy (non-hydrogen) atoms. The van der Waals surface area contributed by atoms with Crippen LogP contribution in [0.5, 0.6) is 0 Å². The summed E-state index contributed by atoms with van der Waals surface area (Å²) in [6.45, 7) is 6.66. The van der Waals surface area contributed by atoms with Gasteiger partial charge in [0.1, 0.15) is 6.61 Å². The molecule has 0 rings (SSSR count). The average Bonchev–Trinajstić information content (AvgIpc) is 2.17. The Labute approximate surface area is 89.2 Å². The van der Waals surface area contributed by atoms with Crippen LogP contribution in [0.3, 0.4) is 0 Å². The van der Waals surface area contributed by atoms with E-state index in [4.69, 9.17) is 0 Å². The molecule has 0 saturated heterocycles. The van der Waals surface area contributed by atoms with E-state index in [0.29, 0.717) is 0 Å². The molecular weight excluding hydrogens is 172 g/mol. The quantitative estimate of drug-likeness (QED) is 0.515. The summed E-state index contributed by atoms with van der Waals surface area (Å²) in [5.41, 5.74) is 1.35. The molecule has 1 unspecified atom stereocenters. The van der Waals surface area contributed by atoms with Gasteiger partial charge in [0.2, 0.25) is 0 Å². The normalized spacial score (nSPS) is 14.4. The number of hydrogen-bond donors (Lipinski definition) is 0. The largest absolute Gasteiger partial charge is 0.232 e. The summed E-state index contributed by atoms with van der Waals surface area (Å²) >= 11 is 0. The summed E-state index contributed by atoms with van der Waals surface area (Å²) < 4.78 is 0. The predicted molar refractivity (Wildman–Crippen MR) is 61.9 cm³/mol. The average molecular weight is 197 g/mol. The van der Waals surface area contributed by atoms with Crippen molar-refractivity contribution >= 4 is 0 Å². The molecular formula is C13H25O. The maximum atomic E-state index is 10.4. The Kier molecular flexibility index (Phi) is 9.06. The number of hydrogen-bond acceptors (Lipinski definition) is 0. The summed E-state index contributed by atoms with van der Waals surface area (Å²) in [4.78, 5) is 0. The van der Waals surface area contributed by atoms with Gasteiger partial charge in [-0.1, -0.05) is 51.7 Å². The molecule has 0 spiro atoms. The van der Waals surface area contributed by atoms with Crippen molar-refractivity contribution < 1.29 is 5.11 Å². The maximum absolute atomic E-state index is 10.4. The predicted octanol–water partition coefficient (Wildman–Crippen LogP) is 4.36. The number of allylic oxidation sites excluding steroid dienone is 1. The van der Waals surface area contributed by atoms with Crippen LogP contribution < -0.4 is 0 Å². The van der Waals surface area contributed by atoms with Crippen LogP contribution in [0.4, 0.5) is 0 Å². The van der Waals surface area contributed by atoms with Crippen molar-refractivity contribution in [2.45, 2.75) is 59.3 Å². The lowest BCUT2D eigenvalue weighted by Crippen LogP contribution is -1.94. The molecule has 0 aliphatic carbocycles. The minimum atomic E-state index is -0.0479. The van der Waals surface area contributed by atoms with Gasteiger partial charge in [0.15, 0.2) is 0 Å². The van der Waals surface area contributed by atoms with Gasteiger partial charge in [0.05, 0.1) is 0 Å². The van der Waals surface area contributed by atoms with Gasteiger partial charge in [-0.15, -0.1) is 0 Å². The molecule has 0 heterocycles. The van der Waals surface area contributed by atoms with Crippen molar-refractivity contribution in [2.24, 2.45) is 5.92 Å². The molecule has 0 aromatic heterocycles. The summed E-state index contributed by atoms with van der Waals surface area (Å²) in [5, 5.41) is 10.4. The Bertz CT molecular complexity index is 149. The standard InChI is InChI=1S/C13H25O/c1-4-7-12(3)8-6-9-13(5-2)10-11-14/h10,12H,4-9,11H2,1-3H3. The smallest absolute Gasteiger partial charge is 0.101 e. The second kappa shape index (κ2) is 9.26. The van der Waals surface area contributed by atoms with E-state index >= 15 is 0 Å². The lowest BCUT2D eigenvalue weighted by molar-refractivity contribution is 0.231. The summed E-state index contributed by atoms with van der Waals surface area (Å²) in [5.74, 6) is 0.852. The fourth-order valence-corrected chi connectivity index (χ4v) is 1.86. The Morgan fingerprint density at radius 1 is 1.29 bits per heavy atom. The van der Waals surface area contributed by atoms with Gasteiger partial charge >= 0.3 is 0 Å². The van der Waals surface area contributed by atoms with Crippen molar-refractivity contribution in [3.63, 3.8) is 0 Å². The third-order valence-corrected chi connectivity index (χ3v) is 2.80. The third kappa shape index (κ3) is 7.14. The highest BCUT2D eigenvalue weighted by Gasteiger charge is 2.01. The second-order valence-corrected chi connectivity index (χ2v) is 4.17. The summed E-state index contributed by atoms with van der Waals surface area (Å²) in [6.07, 6.45) is 9.22. The summed E-state index contributed by atoms with van der Waals surface area (Å²) in [7, 11) is 0. The molecule has 0 bridgehead atoms. The topological polar surface area (TPSA) is 19.9 Å². The highest BCUT2D eigenvalue weighted by molar-refractivity contribution is 5.00. The van der Waals surface area contributed by atoms with Crippen LogP contribution in [0.15, 0.2) is 11.6 Å². The lowest BCUT2D eigenvalue weighted by atomic mass is 9.96. The molecule has 0 amide bonds. The van der Waals surface area contributed by atoms with Crippen LogP contribution in [0.2, 0.25) is 0 Å². The second-order valence-electron chi connectivity index (χ2n) is 4.17. The minimum absolute atomic E-state index is 0.0479. The van der Waals surface area contributed by atoms with Crippen molar-refractivity contribution in [3.8, 4) is 0 Å². The molecule has 1 heteroatoms. The van der Waals surface area contributed by atoms with Gasteiger partial charge in [0.25, 0.3) is 0 Å². The Balaban J connectivity index is 3.55. The zero-order valence-electron chi connectivity index (χ0n) is 10.0. The molecule has 0 aliphatic rings. The Morgan fingerprint density at radius 2 is 2.00 bits per heavy atom. The molecule has 83 valence electrons. The van der Waals surface area contributed by atoms with E-state index in [1.54, 1.807) is 0 Å². The van der Waals surface area contributed by atoms with Crippen molar-refractivity contribution in [1.29, 1.82) is 0 Å². The third-order valence-electron chi connectivity index (χ3n) is 2.80. The molecule has 0 aromatic carbocycles. The van der Waals surface area contributed by atoms with E-state index in [-0.39, 0.29) is 6.61 Å². The van der Waals surface area contributed by atoms with Gasteiger partial charge in [-0.3, -0.25) is 0 Å². The van der Waals surface area contributed by atoms with E-state index in [0.717, 1.165) is 18.8 Å². The van der Waals surface area contributed by atoms with Crippen LogP contribution in [0.1, 0.15) is 59.3 Å². The fraction of sp³-hybridized carbons (Fsp3) is 0.846. The lowest BCUT2D eigenvalue weighted by Gasteiger charge is -2.10. The highest BCUT2D eigenvalue weighted by Crippen LogP contribution is 2.17. The van der Waals surface area contributed by atoms with Crippen LogP contribution in [0, 0.1) is 5.92 Å². The minimum Gasteiger partial charge on any atom is -0.232 e. The molecule has 1 nitrogen and oxygen atoms in total. The molecule has 1 radical (unpaired) electrons. The van der Waals surface area contributed by atoms with Crippen LogP contribution >= 0.6 is 0 Å². The van der Waals surface area contributed by atoms with Gasteiger partial charge in [-0.2, -0.15) is 0 Å². The number of rotatable bonds is 8. The van der Waals surface area contributed by atoms with Gasteiger partial charge in [-0.05, 0) is 25.2 Å². The van der Waals surface area contributed by atoms with E-state index in [1.807, 2.05) is 6.08 Å². The van der Waals surface area contributed by atoms with Crippen molar-refractivity contribution in [3.05, 3.63) is 11.6 Å². The van der Waals surface area contributed by atoms with E-state index in [9.17, 15) is 5.11 Å². The first-order valence-electron chi connectivity index (χ1n) is 6.00. The first-order valence-corrected chi connectivity index (χ1v) is 6.00. The van der Waals surface area contributed by atoms with Crippen molar-refractivity contribution in [2.75, 3.05) is 6.61 Å². The SMILES string of the molecule is CCCC(C)CCCC(=CC[O])CC. The Morgan fingerprint density at radius 3 is 2.50 bits per heavy atom. The molecule has 0 aromatic rings. The van der Waals surface area contributed by atoms with Crippen molar-refractivity contribution in [1.82, 2.24) is 0 Å². The van der Waals surface area contributed by atoms with Crippen LogP contribution in [-0.2, 0) is 5.11 Å². The molecule has 0 aliphatic heterocycles. The van der Waals surface area contributed by atoms with Crippen LogP contribution in [0.25, 0.3) is 0 Å². The fourth-order valence-electron chi connectivity index (χ4n) is 1.86. The monoisotopic (exact) mass is 197 g/mol. The van der Waals surface area contributed by atoms with Gasteiger partial charge in [-0.25, -0.2) is 5.11 Å². The van der Waals surface area contributed by atoms with Crippen LogP contribution in [-0.4, -0.2) is 6.61 Å². The van der Waals surface area contributed by atoms with Gasteiger partial charge < -0.3 is 0 Å².